The molecule has 2 rings (SSSR count). The maximum Gasteiger partial charge on any atom is 0.0206 e. The number of allylic oxidation sites excluding steroid dienone is 2. The van der Waals surface area contributed by atoms with Crippen LogP contribution in [0, 0.1) is 35.5 Å². The van der Waals surface area contributed by atoms with Crippen molar-refractivity contribution in [3.63, 3.8) is 0 Å². The standard InChI is InChI=1S/C22H36/c1-3-4-5-8-21-15-17-22(18-16-21)10-7-6-9-20-13-11-19(2)12-14-20/h7,10,19-22H,3-5,8,11-18H2,1-2H3. The van der Waals surface area contributed by atoms with Gasteiger partial charge in [0, 0.05) is 5.92 Å². The van der Waals surface area contributed by atoms with Crippen LogP contribution in [-0.4, -0.2) is 0 Å². The zero-order valence-electron chi connectivity index (χ0n) is 14.9. The number of hydrogen-bond donors (Lipinski definition) is 0. The zero-order valence-corrected chi connectivity index (χ0v) is 14.9. The van der Waals surface area contributed by atoms with Crippen LogP contribution in [0.4, 0.5) is 0 Å². The van der Waals surface area contributed by atoms with Gasteiger partial charge in [0.15, 0.2) is 0 Å². The Bertz CT molecular complexity index is 365. The third-order valence-corrected chi connectivity index (χ3v) is 5.86. The monoisotopic (exact) mass is 300 g/mol. The molecule has 0 saturated heterocycles. The third-order valence-electron chi connectivity index (χ3n) is 5.86. The minimum atomic E-state index is 0.676. The maximum absolute atomic E-state index is 3.49. The molecule has 0 aromatic rings. The first-order valence-corrected chi connectivity index (χ1v) is 9.95. The molecule has 0 heteroatoms. The SMILES string of the molecule is CCCCCC1CCC(C=CC#CC2CCC(C)CC2)CC1. The molecular formula is C22H36. The Hall–Kier alpha value is -0.700. The van der Waals surface area contributed by atoms with Crippen molar-refractivity contribution in [2.45, 2.75) is 90.9 Å². The van der Waals surface area contributed by atoms with Crippen molar-refractivity contribution >= 4 is 0 Å². The van der Waals surface area contributed by atoms with Gasteiger partial charge < -0.3 is 0 Å². The van der Waals surface area contributed by atoms with Gasteiger partial charge in [-0.05, 0) is 75.2 Å². The van der Waals surface area contributed by atoms with Crippen LogP contribution in [0.15, 0.2) is 12.2 Å². The van der Waals surface area contributed by atoms with Gasteiger partial charge in [-0.3, -0.25) is 0 Å². The van der Waals surface area contributed by atoms with E-state index >= 15 is 0 Å². The van der Waals surface area contributed by atoms with Crippen LogP contribution in [0.5, 0.6) is 0 Å². The van der Waals surface area contributed by atoms with Gasteiger partial charge in [-0.2, -0.15) is 0 Å². The van der Waals surface area contributed by atoms with Crippen LogP contribution < -0.4 is 0 Å². The summed E-state index contributed by atoms with van der Waals surface area (Å²) in [6.07, 6.45) is 21.4. The van der Waals surface area contributed by atoms with E-state index in [9.17, 15) is 0 Å². The highest BCUT2D eigenvalue weighted by Crippen LogP contribution is 2.32. The Morgan fingerprint density at radius 1 is 0.909 bits per heavy atom. The first-order chi connectivity index (χ1) is 10.8. The lowest BCUT2D eigenvalue weighted by Gasteiger charge is -2.26. The van der Waals surface area contributed by atoms with Crippen LogP contribution in [0.3, 0.4) is 0 Å². The van der Waals surface area contributed by atoms with Crippen molar-refractivity contribution in [1.82, 2.24) is 0 Å². The fraction of sp³-hybridized carbons (Fsp3) is 0.818. The Morgan fingerprint density at radius 2 is 1.64 bits per heavy atom. The molecule has 0 nitrogen and oxygen atoms in total. The highest BCUT2D eigenvalue weighted by Gasteiger charge is 2.19. The molecule has 2 fully saturated rings. The van der Waals surface area contributed by atoms with Crippen molar-refractivity contribution in [3.8, 4) is 11.8 Å². The van der Waals surface area contributed by atoms with E-state index in [0.29, 0.717) is 5.92 Å². The molecule has 0 spiro atoms. The maximum atomic E-state index is 3.49. The second-order valence-electron chi connectivity index (χ2n) is 7.88. The average Bonchev–Trinajstić information content (AvgIpc) is 2.55. The molecule has 0 unspecified atom stereocenters. The van der Waals surface area contributed by atoms with E-state index in [2.05, 4.69) is 37.8 Å². The van der Waals surface area contributed by atoms with Gasteiger partial charge in [-0.25, -0.2) is 0 Å². The van der Waals surface area contributed by atoms with E-state index in [-0.39, 0.29) is 0 Å². The van der Waals surface area contributed by atoms with E-state index in [1.165, 1.54) is 77.0 Å². The summed E-state index contributed by atoms with van der Waals surface area (Å²) in [7, 11) is 0. The van der Waals surface area contributed by atoms with Crippen molar-refractivity contribution < 1.29 is 0 Å². The van der Waals surface area contributed by atoms with E-state index in [0.717, 1.165) is 17.8 Å². The molecule has 0 aromatic carbocycles. The Kier molecular flexibility index (Phi) is 8.14. The van der Waals surface area contributed by atoms with E-state index in [1.807, 2.05) is 0 Å². The fourth-order valence-corrected chi connectivity index (χ4v) is 4.11. The molecule has 0 aromatic heterocycles. The molecule has 0 amide bonds. The molecule has 0 radical (unpaired) electrons. The predicted molar refractivity (Wildman–Crippen MR) is 97.6 cm³/mol. The minimum Gasteiger partial charge on any atom is -0.0951 e. The summed E-state index contributed by atoms with van der Waals surface area (Å²) >= 11 is 0. The summed E-state index contributed by atoms with van der Waals surface area (Å²) < 4.78 is 0. The lowest BCUT2D eigenvalue weighted by Crippen LogP contribution is -2.13. The third kappa shape index (κ3) is 6.60. The van der Waals surface area contributed by atoms with Crippen LogP contribution in [0.1, 0.15) is 90.9 Å². The van der Waals surface area contributed by atoms with Crippen molar-refractivity contribution in [2.75, 3.05) is 0 Å². The number of hydrogen-bond acceptors (Lipinski definition) is 0. The molecule has 0 bridgehead atoms. The van der Waals surface area contributed by atoms with E-state index in [1.54, 1.807) is 0 Å². The largest absolute Gasteiger partial charge is 0.0951 e. The number of rotatable bonds is 5. The minimum absolute atomic E-state index is 0.676. The molecule has 0 aliphatic heterocycles. The van der Waals surface area contributed by atoms with Crippen molar-refractivity contribution in [3.05, 3.63) is 12.2 Å². The molecule has 2 saturated carbocycles. The lowest BCUT2D eigenvalue weighted by molar-refractivity contribution is 0.289. The van der Waals surface area contributed by atoms with Gasteiger partial charge in [0.25, 0.3) is 0 Å². The Labute approximate surface area is 139 Å². The van der Waals surface area contributed by atoms with Gasteiger partial charge in [0.2, 0.25) is 0 Å². The van der Waals surface area contributed by atoms with Crippen LogP contribution >= 0.6 is 0 Å². The van der Waals surface area contributed by atoms with Crippen molar-refractivity contribution in [1.29, 1.82) is 0 Å². The molecule has 0 atom stereocenters. The van der Waals surface area contributed by atoms with Gasteiger partial charge in [-0.1, -0.05) is 57.4 Å². The Balaban J connectivity index is 1.61. The first kappa shape index (κ1) is 17.7. The highest BCUT2D eigenvalue weighted by molar-refractivity contribution is 5.18. The normalized spacial score (nSPS) is 32.6. The summed E-state index contributed by atoms with van der Waals surface area (Å²) in [4.78, 5) is 0. The van der Waals surface area contributed by atoms with Gasteiger partial charge >= 0.3 is 0 Å². The summed E-state index contributed by atoms with van der Waals surface area (Å²) in [6, 6.07) is 0. The molecular weight excluding hydrogens is 264 g/mol. The highest BCUT2D eigenvalue weighted by atomic mass is 14.2. The molecule has 0 N–H and O–H groups in total. The van der Waals surface area contributed by atoms with Crippen LogP contribution in [0.2, 0.25) is 0 Å². The molecule has 124 valence electrons. The molecule has 2 aliphatic rings. The topological polar surface area (TPSA) is 0 Å². The fourth-order valence-electron chi connectivity index (χ4n) is 4.11. The lowest BCUT2D eigenvalue weighted by atomic mass is 9.79. The second kappa shape index (κ2) is 10.1. The molecule has 22 heavy (non-hydrogen) atoms. The predicted octanol–water partition coefficient (Wildman–Crippen LogP) is 6.76. The van der Waals surface area contributed by atoms with Gasteiger partial charge in [0.1, 0.15) is 0 Å². The summed E-state index contributed by atoms with van der Waals surface area (Å²) in [5.41, 5.74) is 0. The van der Waals surface area contributed by atoms with Crippen LogP contribution in [-0.2, 0) is 0 Å². The van der Waals surface area contributed by atoms with E-state index < -0.39 is 0 Å². The summed E-state index contributed by atoms with van der Waals surface area (Å²) in [5, 5.41) is 0. The van der Waals surface area contributed by atoms with Crippen molar-refractivity contribution in [2.24, 2.45) is 23.7 Å². The number of unbranched alkanes of at least 4 members (excludes halogenated alkanes) is 2. The quantitative estimate of drug-likeness (QED) is 0.388. The summed E-state index contributed by atoms with van der Waals surface area (Å²) in [5.74, 6) is 10.3. The first-order valence-electron chi connectivity index (χ1n) is 9.95. The zero-order chi connectivity index (χ0) is 15.6. The van der Waals surface area contributed by atoms with Crippen LogP contribution in [0.25, 0.3) is 0 Å². The van der Waals surface area contributed by atoms with Gasteiger partial charge in [-0.15, -0.1) is 0 Å². The molecule has 0 heterocycles. The van der Waals surface area contributed by atoms with Gasteiger partial charge in [0.05, 0.1) is 0 Å². The summed E-state index contributed by atoms with van der Waals surface area (Å²) in [6.45, 7) is 4.68. The smallest absolute Gasteiger partial charge is 0.0206 e. The Morgan fingerprint density at radius 3 is 2.32 bits per heavy atom. The average molecular weight is 301 g/mol. The second-order valence-corrected chi connectivity index (χ2v) is 7.88. The molecule has 2 aliphatic carbocycles. The van der Waals surface area contributed by atoms with E-state index in [4.69, 9.17) is 0 Å².